The smallest absolute Gasteiger partial charge is 0.338 e. The van der Waals surface area contributed by atoms with E-state index in [1.54, 1.807) is 158 Å². The average Bonchev–Trinajstić information content (AvgIpc) is 3.87. The number of ether oxygens (including phenoxy) is 4. The number of hydrogen-bond donors (Lipinski definition) is 0. The monoisotopic (exact) mass is 797 g/mol. The van der Waals surface area contributed by atoms with Crippen LogP contribution in [0.3, 0.4) is 0 Å². The van der Waals surface area contributed by atoms with Gasteiger partial charge in [0.25, 0.3) is 11.8 Å². The number of carbonyl (C=O) groups is 5. The second-order valence-corrected chi connectivity index (χ2v) is 14.4. The maximum absolute atomic E-state index is 14.4. The minimum atomic E-state index is -1.24. The standard InChI is InChI=1S/C50H39NO9/c1-32-29-40-38(41(30-32)51(46(52)33-17-7-2-8-18-33)47(53)34-19-9-3-10-20-34)27-28-39(40)43-45(60-50(56)37-25-15-6-16-26-37)44(59-49(55)36-23-13-5-14-24-36)42(58-43)31-57-48(54)35-21-11-4-12-22-35/h2-30,39,42-45H,31H2,1H3/t39?,42?,43?,44-,45+/m1/s1. The summed E-state index contributed by atoms with van der Waals surface area (Å²) in [5.41, 5.74) is 3.81. The highest BCUT2D eigenvalue weighted by Gasteiger charge is 2.53. The van der Waals surface area contributed by atoms with Crippen LogP contribution < -0.4 is 4.90 Å². The van der Waals surface area contributed by atoms with E-state index in [2.05, 4.69) is 0 Å². The Bertz CT molecular complexity index is 2490. The molecule has 298 valence electrons. The maximum Gasteiger partial charge on any atom is 0.338 e. The molecule has 0 bridgehead atoms. The quantitative estimate of drug-likeness (QED) is 0.0720. The van der Waals surface area contributed by atoms with Gasteiger partial charge in [-0.05, 0) is 84.8 Å². The van der Waals surface area contributed by atoms with Crippen molar-refractivity contribution < 1.29 is 42.9 Å². The van der Waals surface area contributed by atoms with Crippen LogP contribution in [-0.4, -0.2) is 60.7 Å². The number of rotatable bonds is 11. The average molecular weight is 798 g/mol. The molecule has 1 saturated heterocycles. The maximum atomic E-state index is 14.4. The largest absolute Gasteiger partial charge is 0.459 e. The normalized spacial score (nSPS) is 18.9. The van der Waals surface area contributed by atoms with Gasteiger partial charge >= 0.3 is 17.9 Å². The topological polar surface area (TPSA) is 126 Å². The lowest BCUT2D eigenvalue weighted by atomic mass is 9.89. The molecular formula is C50H39NO9. The Kier molecular flexibility index (Phi) is 11.6. The lowest BCUT2D eigenvalue weighted by Crippen LogP contribution is -2.43. The van der Waals surface area contributed by atoms with Crippen LogP contribution in [0.2, 0.25) is 0 Å². The van der Waals surface area contributed by atoms with Gasteiger partial charge in [-0.15, -0.1) is 0 Å². The summed E-state index contributed by atoms with van der Waals surface area (Å²) in [7, 11) is 0. The number of amides is 2. The van der Waals surface area contributed by atoms with Crippen LogP contribution in [0.25, 0.3) is 6.08 Å². The second kappa shape index (κ2) is 17.6. The van der Waals surface area contributed by atoms with E-state index >= 15 is 0 Å². The third-order valence-corrected chi connectivity index (χ3v) is 10.4. The van der Waals surface area contributed by atoms with E-state index < -0.39 is 60.1 Å². The number of esters is 3. The van der Waals surface area contributed by atoms with Crippen molar-refractivity contribution in [1.29, 1.82) is 0 Å². The molecule has 0 spiro atoms. The molecule has 6 aromatic carbocycles. The van der Waals surface area contributed by atoms with Gasteiger partial charge in [0.1, 0.15) is 18.8 Å². The Morgan fingerprint density at radius 2 is 0.983 bits per heavy atom. The fourth-order valence-electron chi connectivity index (χ4n) is 7.57. The Balaban J connectivity index is 1.20. The van der Waals surface area contributed by atoms with Gasteiger partial charge in [-0.1, -0.05) is 109 Å². The molecule has 5 atom stereocenters. The van der Waals surface area contributed by atoms with Gasteiger partial charge in [0.05, 0.1) is 22.4 Å². The highest BCUT2D eigenvalue weighted by molar-refractivity contribution is 6.26. The number of benzene rings is 6. The SMILES string of the molecule is Cc1cc2c(c(N(C(=O)c3ccccc3)C(=O)c3ccccc3)c1)C=CC2C1OC(COC(=O)c2ccccc2)[C@@H](OC(=O)c2ccccc2)[C@H]1OC(=O)c1ccccc1. The summed E-state index contributed by atoms with van der Waals surface area (Å²) in [6.45, 7) is 1.51. The molecule has 0 radical (unpaired) electrons. The van der Waals surface area contributed by atoms with E-state index in [1.165, 1.54) is 4.90 Å². The van der Waals surface area contributed by atoms with Gasteiger partial charge in [-0.2, -0.15) is 0 Å². The molecule has 10 nitrogen and oxygen atoms in total. The first-order valence-corrected chi connectivity index (χ1v) is 19.5. The van der Waals surface area contributed by atoms with Crippen molar-refractivity contribution in [2.45, 2.75) is 37.3 Å². The summed E-state index contributed by atoms with van der Waals surface area (Å²) in [4.78, 5) is 70.7. The highest BCUT2D eigenvalue weighted by Crippen LogP contribution is 2.45. The number of nitrogens with zero attached hydrogens (tertiary/aromatic N) is 1. The molecule has 2 aliphatic rings. The number of imide groups is 1. The van der Waals surface area contributed by atoms with E-state index in [1.807, 2.05) is 25.1 Å². The Morgan fingerprint density at radius 1 is 0.550 bits per heavy atom. The van der Waals surface area contributed by atoms with E-state index in [9.17, 15) is 24.0 Å². The molecule has 0 aromatic heterocycles. The predicted molar refractivity (Wildman–Crippen MR) is 224 cm³/mol. The van der Waals surface area contributed by atoms with Crippen LogP contribution >= 0.6 is 0 Å². The Morgan fingerprint density at radius 3 is 1.47 bits per heavy atom. The van der Waals surface area contributed by atoms with Gasteiger partial charge in [0.2, 0.25) is 0 Å². The van der Waals surface area contributed by atoms with Crippen LogP contribution in [0, 0.1) is 6.92 Å². The van der Waals surface area contributed by atoms with Gasteiger partial charge in [0.15, 0.2) is 12.2 Å². The minimum absolute atomic E-state index is 0.256. The molecule has 60 heavy (non-hydrogen) atoms. The molecule has 8 rings (SSSR count). The molecule has 1 heterocycles. The predicted octanol–water partition coefficient (Wildman–Crippen LogP) is 8.67. The van der Waals surface area contributed by atoms with Crippen LogP contribution in [-0.2, 0) is 18.9 Å². The lowest BCUT2D eigenvalue weighted by Gasteiger charge is -2.28. The highest BCUT2D eigenvalue weighted by atomic mass is 16.6. The molecule has 1 aliphatic carbocycles. The summed E-state index contributed by atoms with van der Waals surface area (Å²) < 4.78 is 24.9. The van der Waals surface area contributed by atoms with Crippen molar-refractivity contribution in [1.82, 2.24) is 0 Å². The van der Waals surface area contributed by atoms with Crippen molar-refractivity contribution in [3.8, 4) is 0 Å². The van der Waals surface area contributed by atoms with Crippen molar-refractivity contribution in [2.24, 2.45) is 0 Å². The Labute approximate surface area is 346 Å². The number of aryl methyl sites for hydroxylation is 1. The van der Waals surface area contributed by atoms with E-state index in [-0.39, 0.29) is 17.7 Å². The van der Waals surface area contributed by atoms with Gasteiger partial charge in [0, 0.05) is 22.6 Å². The first-order chi connectivity index (χ1) is 29.3. The fourth-order valence-corrected chi connectivity index (χ4v) is 7.57. The number of hydrogen-bond acceptors (Lipinski definition) is 9. The number of anilines is 1. The number of carbonyl (C=O) groups excluding carboxylic acids is 5. The zero-order valence-electron chi connectivity index (χ0n) is 32.5. The molecule has 1 fully saturated rings. The van der Waals surface area contributed by atoms with Crippen LogP contribution in [0.5, 0.6) is 0 Å². The summed E-state index contributed by atoms with van der Waals surface area (Å²) in [6.07, 6.45) is -0.872. The van der Waals surface area contributed by atoms with E-state index in [0.717, 1.165) is 5.56 Å². The molecule has 3 unspecified atom stereocenters. The summed E-state index contributed by atoms with van der Waals surface area (Å²) in [5.74, 6) is -3.69. The van der Waals surface area contributed by atoms with Gasteiger partial charge in [-0.25, -0.2) is 19.3 Å². The van der Waals surface area contributed by atoms with Crippen molar-refractivity contribution in [3.63, 3.8) is 0 Å². The van der Waals surface area contributed by atoms with Gasteiger partial charge in [-0.3, -0.25) is 9.59 Å². The third-order valence-electron chi connectivity index (χ3n) is 10.4. The van der Waals surface area contributed by atoms with Crippen molar-refractivity contribution in [3.05, 3.63) is 214 Å². The molecular weight excluding hydrogens is 759 g/mol. The molecule has 6 aromatic rings. The summed E-state index contributed by atoms with van der Waals surface area (Å²) in [5, 5.41) is 0. The zero-order valence-corrected chi connectivity index (χ0v) is 32.5. The third kappa shape index (κ3) is 8.27. The first kappa shape index (κ1) is 39.4. The molecule has 10 heteroatoms. The first-order valence-electron chi connectivity index (χ1n) is 19.5. The van der Waals surface area contributed by atoms with Gasteiger partial charge < -0.3 is 18.9 Å². The Hall–Kier alpha value is -7.43. The lowest BCUT2D eigenvalue weighted by molar-refractivity contribution is -0.0454. The fraction of sp³-hybridized carbons (Fsp3) is 0.140. The second-order valence-electron chi connectivity index (χ2n) is 14.4. The molecule has 0 N–H and O–H groups in total. The summed E-state index contributed by atoms with van der Waals surface area (Å²) in [6, 6.07) is 46.1. The molecule has 1 aliphatic heterocycles. The van der Waals surface area contributed by atoms with Crippen LogP contribution in [0.4, 0.5) is 5.69 Å². The van der Waals surface area contributed by atoms with Crippen LogP contribution in [0.15, 0.2) is 170 Å². The van der Waals surface area contributed by atoms with Crippen molar-refractivity contribution >= 4 is 41.5 Å². The van der Waals surface area contributed by atoms with Crippen molar-refractivity contribution in [2.75, 3.05) is 11.5 Å². The van der Waals surface area contributed by atoms with E-state index in [0.29, 0.717) is 33.5 Å². The molecule has 0 saturated carbocycles. The van der Waals surface area contributed by atoms with Crippen LogP contribution in [0.1, 0.15) is 74.4 Å². The minimum Gasteiger partial charge on any atom is -0.459 e. The number of fused-ring (bicyclic) bond motifs is 1. The summed E-state index contributed by atoms with van der Waals surface area (Å²) >= 11 is 0. The molecule has 2 amide bonds. The zero-order chi connectivity index (χ0) is 41.6. The van der Waals surface area contributed by atoms with E-state index in [4.69, 9.17) is 18.9 Å².